The van der Waals surface area contributed by atoms with Gasteiger partial charge in [0.15, 0.2) is 23.0 Å². The highest BCUT2D eigenvalue weighted by atomic mass is 16.7. The Balaban J connectivity index is 1.38. The van der Waals surface area contributed by atoms with Crippen LogP contribution in [0.25, 0.3) is 0 Å². The van der Waals surface area contributed by atoms with Gasteiger partial charge in [0, 0.05) is 17.8 Å². The lowest BCUT2D eigenvalue weighted by Gasteiger charge is -2.17. The van der Waals surface area contributed by atoms with Gasteiger partial charge in [-0.15, -0.1) is 0 Å². The van der Waals surface area contributed by atoms with E-state index in [0.717, 1.165) is 54.5 Å². The first-order valence-electron chi connectivity index (χ1n) is 8.21. The first-order chi connectivity index (χ1) is 11.9. The summed E-state index contributed by atoms with van der Waals surface area (Å²) in [7, 11) is 0. The summed E-state index contributed by atoms with van der Waals surface area (Å²) in [6.07, 6.45) is 2.77. The van der Waals surface area contributed by atoms with Gasteiger partial charge in [-0.05, 0) is 54.7 Å². The van der Waals surface area contributed by atoms with Crippen LogP contribution in [0.3, 0.4) is 0 Å². The zero-order chi connectivity index (χ0) is 15.9. The minimum atomic E-state index is 0.307. The molecule has 5 rings (SSSR count). The van der Waals surface area contributed by atoms with Crippen molar-refractivity contribution in [2.24, 2.45) is 4.99 Å². The minimum Gasteiger partial charge on any atom is -0.454 e. The number of hydrogen-bond acceptors (Lipinski definition) is 5. The van der Waals surface area contributed by atoms with Crippen LogP contribution in [0.4, 0.5) is 0 Å². The van der Waals surface area contributed by atoms with Crippen LogP contribution in [-0.2, 0) is 12.8 Å². The molecule has 0 saturated carbocycles. The van der Waals surface area contributed by atoms with Crippen LogP contribution in [0, 0.1) is 0 Å². The van der Waals surface area contributed by atoms with E-state index in [1.165, 1.54) is 16.7 Å². The van der Waals surface area contributed by atoms with Crippen LogP contribution in [0.15, 0.2) is 35.3 Å². The summed E-state index contributed by atoms with van der Waals surface area (Å²) in [6, 6.07) is 10.3. The van der Waals surface area contributed by atoms with Gasteiger partial charge in [0.25, 0.3) is 0 Å². The van der Waals surface area contributed by atoms with Crippen molar-refractivity contribution < 1.29 is 18.9 Å². The molecular formula is C19H17NO4. The molecule has 0 saturated heterocycles. The largest absolute Gasteiger partial charge is 0.454 e. The highest BCUT2D eigenvalue weighted by molar-refractivity contribution is 6.03. The van der Waals surface area contributed by atoms with Crippen molar-refractivity contribution in [3.63, 3.8) is 0 Å². The Morgan fingerprint density at radius 3 is 2.42 bits per heavy atom. The molecule has 5 heteroatoms. The molecule has 2 aromatic rings. The molecule has 122 valence electrons. The molecule has 0 radical (unpaired) electrons. The molecule has 0 N–H and O–H groups in total. The fraction of sp³-hybridized carbons (Fsp3) is 0.316. The molecule has 24 heavy (non-hydrogen) atoms. The van der Waals surface area contributed by atoms with Gasteiger partial charge in [0.05, 0.1) is 0 Å². The van der Waals surface area contributed by atoms with Crippen LogP contribution >= 0.6 is 0 Å². The molecule has 0 amide bonds. The Morgan fingerprint density at radius 2 is 1.54 bits per heavy atom. The van der Waals surface area contributed by atoms with Crippen LogP contribution in [0.1, 0.15) is 23.1 Å². The lowest BCUT2D eigenvalue weighted by atomic mass is 9.93. The molecular weight excluding hydrogens is 306 g/mol. The summed E-state index contributed by atoms with van der Waals surface area (Å²) in [6.45, 7) is 1.46. The smallest absolute Gasteiger partial charge is 0.231 e. The van der Waals surface area contributed by atoms with E-state index in [1.807, 2.05) is 6.07 Å². The third kappa shape index (κ3) is 2.28. The van der Waals surface area contributed by atoms with Gasteiger partial charge in [-0.25, -0.2) is 0 Å². The molecule has 0 spiro atoms. The minimum absolute atomic E-state index is 0.307. The molecule has 0 aromatic heterocycles. The molecule has 3 aliphatic heterocycles. The van der Waals surface area contributed by atoms with Crippen LogP contribution in [-0.4, -0.2) is 25.8 Å². The van der Waals surface area contributed by atoms with E-state index in [4.69, 9.17) is 23.9 Å². The average Bonchev–Trinajstić information content (AvgIpc) is 3.25. The number of aryl methyl sites for hydroxylation is 1. The second kappa shape index (κ2) is 5.44. The number of aliphatic imine (C=N–C) groups is 1. The van der Waals surface area contributed by atoms with Gasteiger partial charge in [-0.3, -0.25) is 4.99 Å². The van der Waals surface area contributed by atoms with Crippen molar-refractivity contribution in [2.75, 3.05) is 20.1 Å². The number of hydrogen-bond donors (Lipinski definition) is 0. The zero-order valence-electron chi connectivity index (χ0n) is 13.2. The predicted octanol–water partition coefficient (Wildman–Crippen LogP) is 3.12. The highest BCUT2D eigenvalue weighted by Crippen LogP contribution is 2.37. The summed E-state index contributed by atoms with van der Waals surface area (Å²) >= 11 is 0. The van der Waals surface area contributed by atoms with Gasteiger partial charge in [0.1, 0.15) is 0 Å². The molecule has 0 unspecified atom stereocenters. The topological polar surface area (TPSA) is 49.3 Å². The fourth-order valence-electron chi connectivity index (χ4n) is 3.43. The molecule has 2 aromatic carbocycles. The van der Waals surface area contributed by atoms with Gasteiger partial charge in [0.2, 0.25) is 13.6 Å². The van der Waals surface area contributed by atoms with Crippen LogP contribution in [0.2, 0.25) is 0 Å². The lowest BCUT2D eigenvalue weighted by molar-refractivity contribution is 0.173. The van der Waals surface area contributed by atoms with Crippen molar-refractivity contribution >= 4 is 5.71 Å². The maximum atomic E-state index is 5.52. The number of rotatable bonds is 3. The fourth-order valence-corrected chi connectivity index (χ4v) is 3.43. The van der Waals surface area contributed by atoms with E-state index in [9.17, 15) is 0 Å². The summed E-state index contributed by atoms with van der Waals surface area (Å²) in [5.41, 5.74) is 4.88. The van der Waals surface area contributed by atoms with Gasteiger partial charge in [-0.1, -0.05) is 6.07 Å². The second-order valence-electron chi connectivity index (χ2n) is 6.13. The van der Waals surface area contributed by atoms with Gasteiger partial charge < -0.3 is 18.9 Å². The normalized spacial score (nSPS) is 16.8. The molecule has 3 aliphatic rings. The molecule has 5 nitrogen and oxygen atoms in total. The van der Waals surface area contributed by atoms with Crippen LogP contribution in [0.5, 0.6) is 23.0 Å². The first kappa shape index (κ1) is 13.7. The third-order valence-corrected chi connectivity index (χ3v) is 4.68. The Morgan fingerprint density at radius 1 is 0.792 bits per heavy atom. The Hall–Kier alpha value is -2.69. The third-order valence-electron chi connectivity index (χ3n) is 4.68. The quantitative estimate of drug-likeness (QED) is 0.871. The average molecular weight is 323 g/mol. The maximum absolute atomic E-state index is 5.52. The van der Waals surface area contributed by atoms with Gasteiger partial charge >= 0.3 is 0 Å². The van der Waals surface area contributed by atoms with E-state index in [0.29, 0.717) is 13.6 Å². The summed E-state index contributed by atoms with van der Waals surface area (Å²) < 4.78 is 21.8. The Labute approximate surface area is 139 Å². The second-order valence-corrected chi connectivity index (χ2v) is 6.13. The molecule has 0 bridgehead atoms. The monoisotopic (exact) mass is 323 g/mol. The van der Waals surface area contributed by atoms with Crippen molar-refractivity contribution in [2.45, 2.75) is 19.3 Å². The summed E-state index contributed by atoms with van der Waals surface area (Å²) in [4.78, 5) is 4.75. The Bertz CT molecular complexity index is 844. The SMILES string of the molecule is c1cc2c(cc1CCC1=NCCc3cc4c(cc31)OCO4)OCO2. The number of nitrogens with zero attached hydrogens (tertiary/aromatic N) is 1. The molecule has 0 aliphatic carbocycles. The molecule has 0 atom stereocenters. The molecule has 3 heterocycles. The number of fused-ring (bicyclic) bond motifs is 3. The van der Waals surface area contributed by atoms with E-state index >= 15 is 0 Å². The van der Waals surface area contributed by atoms with Crippen molar-refractivity contribution in [3.8, 4) is 23.0 Å². The van der Waals surface area contributed by atoms with E-state index in [-0.39, 0.29) is 0 Å². The van der Waals surface area contributed by atoms with Crippen molar-refractivity contribution in [1.29, 1.82) is 0 Å². The predicted molar refractivity (Wildman–Crippen MR) is 88.6 cm³/mol. The maximum Gasteiger partial charge on any atom is 0.231 e. The van der Waals surface area contributed by atoms with Crippen LogP contribution < -0.4 is 18.9 Å². The number of benzene rings is 2. The number of ether oxygens (including phenoxy) is 4. The molecule has 0 fully saturated rings. The lowest BCUT2D eigenvalue weighted by Crippen LogP contribution is -2.13. The summed E-state index contributed by atoms with van der Waals surface area (Å²) in [5.74, 6) is 3.34. The van der Waals surface area contributed by atoms with E-state index in [2.05, 4.69) is 24.3 Å². The Kier molecular flexibility index (Phi) is 3.11. The van der Waals surface area contributed by atoms with Crippen molar-refractivity contribution in [3.05, 3.63) is 47.0 Å². The van der Waals surface area contributed by atoms with Gasteiger partial charge in [-0.2, -0.15) is 0 Å². The zero-order valence-corrected chi connectivity index (χ0v) is 13.2. The summed E-state index contributed by atoms with van der Waals surface area (Å²) in [5, 5.41) is 0. The van der Waals surface area contributed by atoms with Crippen molar-refractivity contribution in [1.82, 2.24) is 0 Å². The highest BCUT2D eigenvalue weighted by Gasteiger charge is 2.22. The first-order valence-corrected chi connectivity index (χ1v) is 8.21. The van der Waals surface area contributed by atoms with E-state index < -0.39 is 0 Å². The standard InChI is InChI=1S/C19H17NO4/c1(12-2-4-16-17(7-12)22-10-21-16)3-15-14-9-19-18(23-11-24-19)8-13(14)5-6-20-15/h2,4,7-9H,1,3,5-6,10-11H2. The van der Waals surface area contributed by atoms with E-state index in [1.54, 1.807) is 0 Å².